The first-order chi connectivity index (χ1) is 8.02. The van der Waals surface area contributed by atoms with Crippen molar-refractivity contribution in [1.29, 1.82) is 0 Å². The Hall–Kier alpha value is -1.51. The number of carboxylic acid groups (broad SMARTS) is 1. The fourth-order valence-electron chi connectivity index (χ4n) is 2.83. The van der Waals surface area contributed by atoms with E-state index < -0.39 is 11.4 Å². The summed E-state index contributed by atoms with van der Waals surface area (Å²) in [5.74, 6) is 0.0241. The van der Waals surface area contributed by atoms with Crippen LogP contribution in [0.5, 0.6) is 5.75 Å². The number of hydrogen-bond acceptors (Lipinski definition) is 2. The van der Waals surface area contributed by atoms with Gasteiger partial charge in [0.25, 0.3) is 0 Å². The lowest BCUT2D eigenvalue weighted by atomic mass is 9.79. The Labute approximate surface area is 101 Å². The topological polar surface area (TPSA) is 57.5 Å². The zero-order valence-electron chi connectivity index (χ0n) is 10.0. The van der Waals surface area contributed by atoms with Gasteiger partial charge in [-0.2, -0.15) is 0 Å². The van der Waals surface area contributed by atoms with E-state index in [-0.39, 0.29) is 5.75 Å². The molecule has 1 aromatic rings. The van der Waals surface area contributed by atoms with E-state index in [4.69, 9.17) is 0 Å². The van der Waals surface area contributed by atoms with Crippen LogP contribution in [0.2, 0.25) is 0 Å². The number of benzene rings is 1. The van der Waals surface area contributed by atoms with Gasteiger partial charge in [-0.1, -0.05) is 19.1 Å². The van der Waals surface area contributed by atoms with Crippen molar-refractivity contribution in [2.45, 2.75) is 32.6 Å². The number of carbonyl (C=O) groups is 1. The maximum absolute atomic E-state index is 11.5. The highest BCUT2D eigenvalue weighted by atomic mass is 16.4. The maximum Gasteiger partial charge on any atom is 0.309 e. The predicted molar refractivity (Wildman–Crippen MR) is 64.9 cm³/mol. The smallest absolute Gasteiger partial charge is 0.309 e. The molecular formula is C14H18O3. The molecule has 1 fully saturated rings. The Morgan fingerprint density at radius 1 is 1.41 bits per heavy atom. The minimum Gasteiger partial charge on any atom is -0.508 e. The van der Waals surface area contributed by atoms with Gasteiger partial charge < -0.3 is 10.2 Å². The van der Waals surface area contributed by atoms with Gasteiger partial charge in [0.2, 0.25) is 0 Å². The summed E-state index contributed by atoms with van der Waals surface area (Å²) < 4.78 is 0. The number of carboxylic acids is 1. The Morgan fingerprint density at radius 3 is 2.53 bits per heavy atom. The second-order valence-corrected chi connectivity index (χ2v) is 5.28. The lowest BCUT2D eigenvalue weighted by Crippen LogP contribution is -2.30. The summed E-state index contributed by atoms with van der Waals surface area (Å²) in [5, 5.41) is 18.7. The average molecular weight is 234 g/mol. The Kier molecular flexibility index (Phi) is 3.09. The molecule has 1 aromatic carbocycles. The lowest BCUT2D eigenvalue weighted by molar-refractivity contribution is -0.148. The Balaban J connectivity index is 2.19. The van der Waals surface area contributed by atoms with Crippen LogP contribution in [0, 0.1) is 11.3 Å². The second kappa shape index (κ2) is 4.40. The summed E-state index contributed by atoms with van der Waals surface area (Å²) in [5.41, 5.74) is 0.385. The number of phenols is 1. The van der Waals surface area contributed by atoms with E-state index in [1.54, 1.807) is 12.1 Å². The monoisotopic (exact) mass is 234 g/mol. The highest BCUT2D eigenvalue weighted by Gasteiger charge is 2.43. The third kappa shape index (κ3) is 2.43. The van der Waals surface area contributed by atoms with E-state index in [1.807, 2.05) is 12.1 Å². The van der Waals surface area contributed by atoms with Crippen molar-refractivity contribution >= 4 is 5.97 Å². The van der Waals surface area contributed by atoms with Gasteiger partial charge in [-0.15, -0.1) is 0 Å². The standard InChI is InChI=1S/C14H18O3/c1-10-6-7-14(8-10,13(16)17)9-11-2-4-12(15)5-3-11/h2-5,10,15H,6-9H2,1H3,(H,16,17). The van der Waals surface area contributed by atoms with Crippen LogP contribution >= 0.6 is 0 Å². The number of phenolic OH excluding ortho intramolecular Hbond substituents is 1. The molecule has 1 saturated carbocycles. The molecule has 0 heterocycles. The third-order valence-electron chi connectivity index (χ3n) is 3.79. The fourth-order valence-corrected chi connectivity index (χ4v) is 2.83. The van der Waals surface area contributed by atoms with Gasteiger partial charge in [-0.05, 0) is 49.3 Å². The molecule has 92 valence electrons. The van der Waals surface area contributed by atoms with Crippen LogP contribution < -0.4 is 0 Å². The van der Waals surface area contributed by atoms with Crippen LogP contribution in [0.25, 0.3) is 0 Å². The first-order valence-corrected chi connectivity index (χ1v) is 6.03. The van der Waals surface area contributed by atoms with Gasteiger partial charge in [0.15, 0.2) is 0 Å². The molecule has 0 spiro atoms. The molecular weight excluding hydrogens is 216 g/mol. The quantitative estimate of drug-likeness (QED) is 0.845. The zero-order chi connectivity index (χ0) is 12.5. The average Bonchev–Trinajstić information content (AvgIpc) is 2.65. The number of aromatic hydroxyl groups is 1. The highest BCUT2D eigenvalue weighted by molar-refractivity contribution is 5.75. The van der Waals surface area contributed by atoms with E-state index in [0.29, 0.717) is 12.3 Å². The molecule has 17 heavy (non-hydrogen) atoms. The van der Waals surface area contributed by atoms with Crippen LogP contribution in [0.3, 0.4) is 0 Å². The normalized spacial score (nSPS) is 28.2. The highest BCUT2D eigenvalue weighted by Crippen LogP contribution is 2.44. The molecule has 3 nitrogen and oxygen atoms in total. The van der Waals surface area contributed by atoms with E-state index in [1.165, 1.54) is 0 Å². The first-order valence-electron chi connectivity index (χ1n) is 6.03. The van der Waals surface area contributed by atoms with Crippen molar-refractivity contribution in [1.82, 2.24) is 0 Å². The maximum atomic E-state index is 11.5. The van der Waals surface area contributed by atoms with E-state index in [2.05, 4.69) is 6.92 Å². The molecule has 0 bridgehead atoms. The SMILES string of the molecule is CC1CCC(Cc2ccc(O)cc2)(C(=O)O)C1. The van der Waals surface area contributed by atoms with Gasteiger partial charge in [-0.3, -0.25) is 4.79 Å². The van der Waals surface area contributed by atoms with Gasteiger partial charge in [0, 0.05) is 0 Å². The summed E-state index contributed by atoms with van der Waals surface area (Å²) in [4.78, 5) is 11.5. The summed E-state index contributed by atoms with van der Waals surface area (Å²) in [6.07, 6.45) is 3.06. The van der Waals surface area contributed by atoms with Crippen LogP contribution in [0.1, 0.15) is 31.7 Å². The number of hydrogen-bond donors (Lipinski definition) is 2. The van der Waals surface area contributed by atoms with Crippen molar-refractivity contribution < 1.29 is 15.0 Å². The molecule has 2 atom stereocenters. The molecule has 1 aliphatic rings. The molecule has 3 heteroatoms. The van der Waals surface area contributed by atoms with Gasteiger partial charge in [0.05, 0.1) is 5.41 Å². The predicted octanol–water partition coefficient (Wildman–Crippen LogP) is 2.83. The van der Waals surface area contributed by atoms with E-state index in [9.17, 15) is 15.0 Å². The first kappa shape index (κ1) is 12.0. The summed E-state index contributed by atoms with van der Waals surface area (Å²) in [7, 11) is 0. The third-order valence-corrected chi connectivity index (χ3v) is 3.79. The number of aliphatic carboxylic acids is 1. The fraction of sp³-hybridized carbons (Fsp3) is 0.500. The van der Waals surface area contributed by atoms with Crippen molar-refractivity contribution in [3.8, 4) is 5.75 Å². The summed E-state index contributed by atoms with van der Waals surface area (Å²) in [6, 6.07) is 6.85. The minimum absolute atomic E-state index is 0.220. The van der Waals surface area contributed by atoms with E-state index >= 15 is 0 Å². The molecule has 0 saturated heterocycles. The minimum atomic E-state index is -0.685. The van der Waals surface area contributed by atoms with Crippen molar-refractivity contribution in [3.05, 3.63) is 29.8 Å². The molecule has 2 unspecified atom stereocenters. The lowest BCUT2D eigenvalue weighted by Gasteiger charge is -2.24. The van der Waals surface area contributed by atoms with Crippen LogP contribution in [0.15, 0.2) is 24.3 Å². The zero-order valence-corrected chi connectivity index (χ0v) is 10.0. The molecule has 2 N–H and O–H groups in total. The Bertz CT molecular complexity index is 410. The van der Waals surface area contributed by atoms with Crippen LogP contribution in [0.4, 0.5) is 0 Å². The molecule has 0 radical (unpaired) electrons. The molecule has 1 aliphatic carbocycles. The van der Waals surface area contributed by atoms with Gasteiger partial charge in [-0.25, -0.2) is 0 Å². The molecule has 0 aromatic heterocycles. The second-order valence-electron chi connectivity index (χ2n) is 5.28. The van der Waals surface area contributed by atoms with Gasteiger partial charge >= 0.3 is 5.97 Å². The van der Waals surface area contributed by atoms with Crippen molar-refractivity contribution in [2.75, 3.05) is 0 Å². The molecule has 2 rings (SSSR count). The molecule has 0 aliphatic heterocycles. The van der Waals surface area contributed by atoms with Crippen molar-refractivity contribution in [2.24, 2.45) is 11.3 Å². The van der Waals surface area contributed by atoms with Gasteiger partial charge in [0.1, 0.15) is 5.75 Å². The van der Waals surface area contributed by atoms with Crippen molar-refractivity contribution in [3.63, 3.8) is 0 Å². The van der Waals surface area contributed by atoms with E-state index in [0.717, 1.165) is 24.8 Å². The number of rotatable bonds is 3. The van der Waals surface area contributed by atoms with Crippen LogP contribution in [-0.2, 0) is 11.2 Å². The molecule has 0 amide bonds. The largest absolute Gasteiger partial charge is 0.508 e. The Morgan fingerprint density at radius 2 is 2.06 bits per heavy atom. The van der Waals surface area contributed by atoms with Crippen LogP contribution in [-0.4, -0.2) is 16.2 Å². The summed E-state index contributed by atoms with van der Waals surface area (Å²) >= 11 is 0. The summed E-state index contributed by atoms with van der Waals surface area (Å²) in [6.45, 7) is 2.11.